The summed E-state index contributed by atoms with van der Waals surface area (Å²) in [7, 11) is 0. The van der Waals surface area contributed by atoms with E-state index < -0.39 is 0 Å². The van der Waals surface area contributed by atoms with Crippen LogP contribution in [0.3, 0.4) is 0 Å². The van der Waals surface area contributed by atoms with Crippen molar-refractivity contribution in [3.8, 4) is 0 Å². The first-order valence-electron chi connectivity index (χ1n) is 8.26. The second-order valence-electron chi connectivity index (χ2n) is 6.07. The van der Waals surface area contributed by atoms with Crippen molar-refractivity contribution in [2.75, 3.05) is 12.3 Å². The van der Waals surface area contributed by atoms with Crippen LogP contribution in [0.4, 0.5) is 0 Å². The van der Waals surface area contributed by atoms with Crippen molar-refractivity contribution in [2.24, 2.45) is 11.7 Å². The highest BCUT2D eigenvalue weighted by Crippen LogP contribution is 2.32. The van der Waals surface area contributed by atoms with Gasteiger partial charge in [-0.1, -0.05) is 38.3 Å². The predicted molar refractivity (Wildman–Crippen MR) is 90.4 cm³/mol. The van der Waals surface area contributed by atoms with Crippen LogP contribution < -0.4 is 5.73 Å². The minimum Gasteiger partial charge on any atom is -0.330 e. The Balaban J connectivity index is 1.91. The Morgan fingerprint density at radius 1 is 1.25 bits per heavy atom. The molecule has 0 aliphatic heterocycles. The fourth-order valence-corrected chi connectivity index (χ4v) is 4.39. The molecule has 1 aliphatic rings. The monoisotopic (exact) mass is 291 g/mol. The van der Waals surface area contributed by atoms with Gasteiger partial charge in [-0.15, -0.1) is 11.8 Å². The average molecular weight is 292 g/mol. The summed E-state index contributed by atoms with van der Waals surface area (Å²) >= 11 is 2.06. The Kier molecular flexibility index (Phi) is 6.95. The summed E-state index contributed by atoms with van der Waals surface area (Å²) in [4.78, 5) is 1.45. The maximum atomic E-state index is 5.73. The predicted octanol–water partition coefficient (Wildman–Crippen LogP) is 5.20. The van der Waals surface area contributed by atoms with Gasteiger partial charge in [-0.3, -0.25) is 0 Å². The zero-order valence-electron chi connectivity index (χ0n) is 12.8. The molecule has 2 N–H and O–H groups in total. The van der Waals surface area contributed by atoms with E-state index in [1.54, 1.807) is 0 Å². The molecule has 2 heteroatoms. The lowest BCUT2D eigenvalue weighted by Gasteiger charge is -2.21. The van der Waals surface area contributed by atoms with Gasteiger partial charge in [0, 0.05) is 10.6 Å². The number of hydrogen-bond acceptors (Lipinski definition) is 2. The minimum absolute atomic E-state index is 0.634. The summed E-state index contributed by atoms with van der Waals surface area (Å²) in [5, 5.41) is 0. The number of hydrogen-bond donors (Lipinski definition) is 1. The standard InChI is InChI=1S/C18H29NS/c1-2-16(11-12-19)17-9-6-10-18(13-17)20-14-15-7-4-3-5-8-15/h6,9-10,13,15-16H,2-5,7-8,11-12,14,19H2,1H3. The van der Waals surface area contributed by atoms with Crippen molar-refractivity contribution in [3.63, 3.8) is 0 Å². The van der Waals surface area contributed by atoms with Crippen LogP contribution in [0.5, 0.6) is 0 Å². The molecule has 0 saturated heterocycles. The maximum Gasteiger partial charge on any atom is 0.00748 e. The van der Waals surface area contributed by atoms with Crippen LogP contribution in [0.2, 0.25) is 0 Å². The zero-order chi connectivity index (χ0) is 14.2. The molecule has 1 fully saturated rings. The first kappa shape index (κ1) is 15.9. The van der Waals surface area contributed by atoms with Crippen molar-refractivity contribution in [3.05, 3.63) is 29.8 Å². The van der Waals surface area contributed by atoms with Gasteiger partial charge in [-0.25, -0.2) is 0 Å². The highest BCUT2D eigenvalue weighted by molar-refractivity contribution is 7.99. The van der Waals surface area contributed by atoms with Gasteiger partial charge in [0.25, 0.3) is 0 Å². The first-order valence-corrected chi connectivity index (χ1v) is 9.25. The van der Waals surface area contributed by atoms with Crippen LogP contribution in [0.15, 0.2) is 29.2 Å². The maximum absolute atomic E-state index is 5.73. The second-order valence-corrected chi connectivity index (χ2v) is 7.16. The van der Waals surface area contributed by atoms with E-state index in [-0.39, 0.29) is 0 Å². The lowest BCUT2D eigenvalue weighted by Crippen LogP contribution is -2.08. The number of rotatable bonds is 7. The lowest BCUT2D eigenvalue weighted by atomic mass is 9.91. The molecule has 2 rings (SSSR count). The van der Waals surface area contributed by atoms with Crippen LogP contribution >= 0.6 is 11.8 Å². The van der Waals surface area contributed by atoms with Gasteiger partial charge in [0.15, 0.2) is 0 Å². The van der Waals surface area contributed by atoms with Gasteiger partial charge in [-0.05, 0) is 61.8 Å². The van der Waals surface area contributed by atoms with Gasteiger partial charge in [0.05, 0.1) is 0 Å². The quantitative estimate of drug-likeness (QED) is 0.699. The van der Waals surface area contributed by atoms with Crippen LogP contribution in [-0.2, 0) is 0 Å². The molecule has 0 heterocycles. The molecule has 1 atom stereocenters. The molecule has 1 unspecified atom stereocenters. The van der Waals surface area contributed by atoms with Gasteiger partial charge >= 0.3 is 0 Å². The van der Waals surface area contributed by atoms with Crippen LogP contribution in [-0.4, -0.2) is 12.3 Å². The van der Waals surface area contributed by atoms with Crippen LogP contribution in [0, 0.1) is 5.92 Å². The molecule has 1 nitrogen and oxygen atoms in total. The van der Waals surface area contributed by atoms with E-state index in [1.807, 2.05) is 0 Å². The Labute approximate surface area is 128 Å². The second kappa shape index (κ2) is 8.74. The van der Waals surface area contributed by atoms with E-state index in [1.165, 1.54) is 54.7 Å². The smallest absolute Gasteiger partial charge is 0.00748 e. The van der Waals surface area contributed by atoms with E-state index in [0.29, 0.717) is 5.92 Å². The van der Waals surface area contributed by atoms with Gasteiger partial charge in [-0.2, -0.15) is 0 Å². The summed E-state index contributed by atoms with van der Waals surface area (Å²) in [6.45, 7) is 3.06. The summed E-state index contributed by atoms with van der Waals surface area (Å²) in [5.41, 5.74) is 7.21. The van der Waals surface area contributed by atoms with E-state index in [4.69, 9.17) is 5.73 Å². The van der Waals surface area contributed by atoms with E-state index >= 15 is 0 Å². The third-order valence-electron chi connectivity index (χ3n) is 4.55. The van der Waals surface area contributed by atoms with Crippen molar-refractivity contribution >= 4 is 11.8 Å². The fraction of sp³-hybridized carbons (Fsp3) is 0.667. The molecule has 1 aromatic carbocycles. The van der Waals surface area contributed by atoms with Gasteiger partial charge in [0.2, 0.25) is 0 Å². The highest BCUT2D eigenvalue weighted by Gasteiger charge is 2.14. The first-order chi connectivity index (χ1) is 9.83. The Morgan fingerprint density at radius 2 is 2.05 bits per heavy atom. The molecule has 1 aromatic rings. The van der Waals surface area contributed by atoms with Crippen molar-refractivity contribution in [1.82, 2.24) is 0 Å². The molecular weight excluding hydrogens is 262 g/mol. The largest absolute Gasteiger partial charge is 0.330 e. The Bertz CT molecular complexity index is 385. The topological polar surface area (TPSA) is 26.0 Å². The van der Waals surface area contributed by atoms with E-state index in [2.05, 4.69) is 43.0 Å². The molecule has 20 heavy (non-hydrogen) atoms. The molecule has 0 radical (unpaired) electrons. The summed E-state index contributed by atoms with van der Waals surface area (Å²) < 4.78 is 0. The van der Waals surface area contributed by atoms with Crippen molar-refractivity contribution in [2.45, 2.75) is 62.7 Å². The van der Waals surface area contributed by atoms with Crippen LogP contribution in [0.25, 0.3) is 0 Å². The molecule has 1 saturated carbocycles. The number of nitrogens with two attached hydrogens (primary N) is 1. The molecule has 0 spiro atoms. The minimum atomic E-state index is 0.634. The van der Waals surface area contributed by atoms with Crippen LogP contribution in [0.1, 0.15) is 63.4 Å². The molecule has 0 aromatic heterocycles. The van der Waals surface area contributed by atoms with E-state index in [0.717, 1.165) is 18.9 Å². The fourth-order valence-electron chi connectivity index (χ4n) is 3.23. The summed E-state index contributed by atoms with van der Waals surface area (Å²) in [5.74, 6) is 2.88. The normalized spacial score (nSPS) is 18.1. The molecular formula is C18H29NS. The molecule has 112 valence electrons. The Hall–Kier alpha value is -0.470. The molecule has 0 amide bonds. The lowest BCUT2D eigenvalue weighted by molar-refractivity contribution is 0.391. The highest BCUT2D eigenvalue weighted by atomic mass is 32.2. The average Bonchev–Trinajstić information content (AvgIpc) is 2.52. The summed E-state index contributed by atoms with van der Waals surface area (Å²) in [6, 6.07) is 9.16. The third kappa shape index (κ3) is 4.82. The molecule has 1 aliphatic carbocycles. The third-order valence-corrected chi connectivity index (χ3v) is 5.77. The van der Waals surface area contributed by atoms with E-state index in [9.17, 15) is 0 Å². The number of thioether (sulfide) groups is 1. The molecule has 0 bridgehead atoms. The number of benzene rings is 1. The van der Waals surface area contributed by atoms with Gasteiger partial charge in [0.1, 0.15) is 0 Å². The summed E-state index contributed by atoms with van der Waals surface area (Å²) in [6.07, 6.45) is 9.52. The van der Waals surface area contributed by atoms with Gasteiger partial charge < -0.3 is 5.73 Å². The SMILES string of the molecule is CCC(CCN)c1cccc(SCC2CCCCC2)c1. The van der Waals surface area contributed by atoms with Crippen molar-refractivity contribution in [1.29, 1.82) is 0 Å². The zero-order valence-corrected chi connectivity index (χ0v) is 13.6. The van der Waals surface area contributed by atoms with Crippen molar-refractivity contribution < 1.29 is 0 Å². The Morgan fingerprint density at radius 3 is 2.75 bits per heavy atom.